The largest absolute Gasteiger partial charge is 0.309 e. The molecule has 0 aliphatic carbocycles. The van der Waals surface area contributed by atoms with Crippen molar-refractivity contribution in [2.75, 3.05) is 0 Å². The second-order valence-electron chi connectivity index (χ2n) is 6.33. The van der Waals surface area contributed by atoms with Crippen molar-refractivity contribution in [1.29, 1.82) is 0 Å². The molecule has 6 aromatic rings. The van der Waals surface area contributed by atoms with Crippen LogP contribution in [0.25, 0.3) is 48.9 Å². The molecule has 0 bridgehead atoms. The molecule has 0 spiro atoms. The molecule has 1 heteroatoms. The van der Waals surface area contributed by atoms with E-state index in [1.807, 2.05) is 0 Å². The van der Waals surface area contributed by atoms with E-state index < -0.39 is 0 Å². The molecule has 0 amide bonds. The molecule has 1 nitrogen and oxygen atoms in total. The molecule has 0 fully saturated rings. The topological polar surface area (TPSA) is 4.41 Å². The smallest absolute Gasteiger partial charge is 0.0542 e. The van der Waals surface area contributed by atoms with E-state index >= 15 is 0 Å². The second kappa shape index (κ2) is 3.82. The summed E-state index contributed by atoms with van der Waals surface area (Å²) in [6.07, 6.45) is 0. The van der Waals surface area contributed by atoms with Crippen molar-refractivity contribution in [2.45, 2.75) is 0 Å². The Labute approximate surface area is 132 Å². The first-order chi connectivity index (χ1) is 11.4. The highest BCUT2D eigenvalue weighted by molar-refractivity contribution is 6.16. The maximum atomic E-state index is 2.36. The van der Waals surface area contributed by atoms with Crippen LogP contribution >= 0.6 is 0 Å². The van der Waals surface area contributed by atoms with E-state index in [1.165, 1.54) is 48.9 Å². The van der Waals surface area contributed by atoms with E-state index in [2.05, 4.69) is 83.3 Å². The van der Waals surface area contributed by atoms with Gasteiger partial charge in [0.25, 0.3) is 0 Å². The minimum absolute atomic E-state index is 1.27. The zero-order chi connectivity index (χ0) is 15.0. The predicted molar refractivity (Wildman–Crippen MR) is 98.6 cm³/mol. The molecular weight excluding hydrogens is 278 g/mol. The molecule has 0 radical (unpaired) electrons. The summed E-state index contributed by atoms with van der Waals surface area (Å²) in [5.41, 5.74) is 3.87. The molecular formula is C22H13N. The molecule has 23 heavy (non-hydrogen) atoms. The number of nitrogens with zero attached hydrogens (tertiary/aromatic N) is 1. The third-order valence-corrected chi connectivity index (χ3v) is 5.07. The minimum atomic E-state index is 1.27. The summed E-state index contributed by atoms with van der Waals surface area (Å²) in [5.74, 6) is 0. The maximum absolute atomic E-state index is 2.36. The molecule has 0 saturated carbocycles. The molecule has 6 rings (SSSR count). The average molecular weight is 291 g/mol. The third kappa shape index (κ3) is 1.37. The second-order valence-corrected chi connectivity index (χ2v) is 6.33. The highest BCUT2D eigenvalue weighted by Gasteiger charge is 2.12. The van der Waals surface area contributed by atoms with E-state index in [-0.39, 0.29) is 0 Å². The van der Waals surface area contributed by atoms with Crippen LogP contribution in [0.5, 0.6) is 0 Å². The Bertz CT molecular complexity index is 1300. The van der Waals surface area contributed by atoms with Gasteiger partial charge in [0.15, 0.2) is 0 Å². The lowest BCUT2D eigenvalue weighted by molar-refractivity contribution is 1.36. The van der Waals surface area contributed by atoms with Gasteiger partial charge in [0.05, 0.1) is 11.0 Å². The van der Waals surface area contributed by atoms with Gasteiger partial charge < -0.3 is 4.40 Å². The molecule has 0 atom stereocenters. The Kier molecular flexibility index (Phi) is 1.91. The minimum Gasteiger partial charge on any atom is -0.309 e. The van der Waals surface area contributed by atoms with Crippen LogP contribution in [0.15, 0.2) is 78.9 Å². The average Bonchev–Trinajstić information content (AvgIpc) is 3.15. The van der Waals surface area contributed by atoms with Gasteiger partial charge in [-0.05, 0) is 70.1 Å². The molecule has 0 unspecified atom stereocenters. The Morgan fingerprint density at radius 2 is 1.13 bits per heavy atom. The number of rotatable bonds is 0. The fourth-order valence-corrected chi connectivity index (χ4v) is 4.00. The van der Waals surface area contributed by atoms with Gasteiger partial charge >= 0.3 is 0 Å². The zero-order valence-electron chi connectivity index (χ0n) is 12.5. The van der Waals surface area contributed by atoms with E-state index in [9.17, 15) is 0 Å². The molecule has 0 saturated heterocycles. The predicted octanol–water partition coefficient (Wildman–Crippen LogP) is 5.99. The highest BCUT2D eigenvalue weighted by Crippen LogP contribution is 2.35. The van der Waals surface area contributed by atoms with E-state index in [0.29, 0.717) is 0 Å². The van der Waals surface area contributed by atoms with Crippen molar-refractivity contribution in [1.82, 2.24) is 4.40 Å². The number of pyridine rings is 1. The number of hydrogen-bond donors (Lipinski definition) is 0. The Morgan fingerprint density at radius 3 is 1.83 bits per heavy atom. The van der Waals surface area contributed by atoms with Crippen LogP contribution in [0.2, 0.25) is 0 Å². The lowest BCUT2D eigenvalue weighted by Gasteiger charge is -2.03. The molecule has 3 aromatic carbocycles. The molecule has 0 N–H and O–H groups in total. The summed E-state index contributed by atoms with van der Waals surface area (Å²) >= 11 is 0. The molecule has 3 aromatic heterocycles. The summed E-state index contributed by atoms with van der Waals surface area (Å²) in [5, 5.41) is 7.91. The van der Waals surface area contributed by atoms with Crippen molar-refractivity contribution in [3.63, 3.8) is 0 Å². The SMILES string of the molecule is c1ccc2cc3cc4c(cc3cc2c1)c1cccc2ccc4n21. The van der Waals surface area contributed by atoms with Gasteiger partial charge in [-0.1, -0.05) is 30.3 Å². The van der Waals surface area contributed by atoms with Crippen LogP contribution in [-0.2, 0) is 0 Å². The van der Waals surface area contributed by atoms with E-state index in [0.717, 1.165) is 0 Å². The van der Waals surface area contributed by atoms with Crippen molar-refractivity contribution in [3.05, 3.63) is 78.9 Å². The normalized spacial score (nSPS) is 12.3. The van der Waals surface area contributed by atoms with Crippen molar-refractivity contribution < 1.29 is 0 Å². The molecule has 106 valence electrons. The van der Waals surface area contributed by atoms with Crippen LogP contribution in [0.4, 0.5) is 0 Å². The Hall–Kier alpha value is -3.06. The van der Waals surface area contributed by atoms with E-state index in [4.69, 9.17) is 0 Å². The van der Waals surface area contributed by atoms with Crippen LogP contribution in [-0.4, -0.2) is 4.40 Å². The molecule has 0 aliphatic rings. The Balaban J connectivity index is 1.89. The van der Waals surface area contributed by atoms with Crippen LogP contribution in [0, 0.1) is 0 Å². The first kappa shape index (κ1) is 11.5. The Morgan fingerprint density at radius 1 is 0.478 bits per heavy atom. The van der Waals surface area contributed by atoms with Gasteiger partial charge in [-0.2, -0.15) is 0 Å². The first-order valence-corrected chi connectivity index (χ1v) is 7.96. The highest BCUT2D eigenvalue weighted by atomic mass is 14.9. The lowest BCUT2D eigenvalue weighted by atomic mass is 10.0. The summed E-state index contributed by atoms with van der Waals surface area (Å²) in [6.45, 7) is 0. The molecule has 3 heterocycles. The number of aromatic nitrogens is 1. The van der Waals surface area contributed by atoms with Gasteiger partial charge in [-0.15, -0.1) is 0 Å². The lowest BCUT2D eigenvalue weighted by Crippen LogP contribution is -1.79. The summed E-state index contributed by atoms with van der Waals surface area (Å²) in [6, 6.07) is 28.9. The standard InChI is InChI=1S/C22H13N/c1-2-5-15-11-17-13-20-19(12-16(17)10-14(15)4-1)21-7-3-6-18-8-9-22(20)23(18)21/h1-13H. The van der Waals surface area contributed by atoms with Gasteiger partial charge in [-0.25, -0.2) is 0 Å². The number of fused-ring (bicyclic) bond motifs is 5. The number of hydrogen-bond acceptors (Lipinski definition) is 0. The fourth-order valence-electron chi connectivity index (χ4n) is 4.00. The van der Waals surface area contributed by atoms with Crippen molar-refractivity contribution >= 4 is 48.9 Å². The molecule has 0 aliphatic heterocycles. The monoisotopic (exact) mass is 291 g/mol. The number of benzene rings is 3. The maximum Gasteiger partial charge on any atom is 0.0542 e. The summed E-state index contributed by atoms with van der Waals surface area (Å²) in [4.78, 5) is 0. The van der Waals surface area contributed by atoms with Gasteiger partial charge in [0.2, 0.25) is 0 Å². The van der Waals surface area contributed by atoms with Crippen molar-refractivity contribution in [3.8, 4) is 0 Å². The van der Waals surface area contributed by atoms with E-state index in [1.54, 1.807) is 0 Å². The van der Waals surface area contributed by atoms with Gasteiger partial charge in [0.1, 0.15) is 0 Å². The van der Waals surface area contributed by atoms with Gasteiger partial charge in [-0.3, -0.25) is 0 Å². The first-order valence-electron chi connectivity index (χ1n) is 7.96. The summed E-state index contributed by atoms with van der Waals surface area (Å²) in [7, 11) is 0. The quantitative estimate of drug-likeness (QED) is 0.303. The third-order valence-electron chi connectivity index (χ3n) is 5.07. The summed E-state index contributed by atoms with van der Waals surface area (Å²) < 4.78 is 2.36. The zero-order valence-corrected chi connectivity index (χ0v) is 12.5. The van der Waals surface area contributed by atoms with Gasteiger partial charge in [0, 0.05) is 16.3 Å². The van der Waals surface area contributed by atoms with Crippen molar-refractivity contribution in [2.24, 2.45) is 0 Å². The van der Waals surface area contributed by atoms with Crippen LogP contribution < -0.4 is 0 Å². The van der Waals surface area contributed by atoms with Crippen LogP contribution in [0.3, 0.4) is 0 Å². The van der Waals surface area contributed by atoms with Crippen LogP contribution in [0.1, 0.15) is 0 Å². The fraction of sp³-hybridized carbons (Fsp3) is 0.